The minimum absolute atomic E-state index is 0.0651. The van der Waals surface area contributed by atoms with Crippen molar-refractivity contribution in [2.24, 2.45) is 4.99 Å². The molecule has 0 saturated carbocycles. The number of nitro groups is 1. The van der Waals surface area contributed by atoms with E-state index in [1.807, 2.05) is 0 Å². The van der Waals surface area contributed by atoms with Crippen LogP contribution in [0.1, 0.15) is 6.42 Å². The number of hydrogen-bond acceptors (Lipinski definition) is 6. The molecule has 29 heavy (non-hydrogen) atoms. The van der Waals surface area contributed by atoms with Crippen molar-refractivity contribution in [3.05, 3.63) is 63.4 Å². The van der Waals surface area contributed by atoms with Gasteiger partial charge in [-0.15, -0.1) is 6.42 Å². The Labute approximate surface area is 170 Å². The molecule has 1 amide bonds. The lowest BCUT2D eigenvalue weighted by Gasteiger charge is -2.02. The number of sulfone groups is 1. The zero-order chi connectivity index (χ0) is 21.0. The van der Waals surface area contributed by atoms with E-state index in [4.69, 9.17) is 6.42 Å². The standard InChI is InChI=1S/C19H15N3O5S2/c1-2-11-21-16-13-14(22(24)25)8-9-17(16)28-19(21)20-18(23)10-12-29(26,27)15-6-4-3-5-7-15/h1,3-9,13H,10-12H2. The third-order valence-electron chi connectivity index (χ3n) is 4.03. The van der Waals surface area contributed by atoms with Crippen molar-refractivity contribution in [1.29, 1.82) is 0 Å². The maximum atomic E-state index is 12.3. The number of amides is 1. The summed E-state index contributed by atoms with van der Waals surface area (Å²) in [7, 11) is -3.60. The number of carbonyl (C=O) groups excluding carboxylic acids is 1. The number of aromatic nitrogens is 1. The van der Waals surface area contributed by atoms with E-state index in [9.17, 15) is 23.3 Å². The van der Waals surface area contributed by atoms with Crippen LogP contribution in [-0.2, 0) is 21.2 Å². The fraction of sp³-hybridized carbons (Fsp3) is 0.158. The van der Waals surface area contributed by atoms with Gasteiger partial charge in [0.25, 0.3) is 5.69 Å². The predicted octanol–water partition coefficient (Wildman–Crippen LogP) is 2.54. The lowest BCUT2D eigenvalue weighted by Crippen LogP contribution is -2.18. The summed E-state index contributed by atoms with van der Waals surface area (Å²) in [6.45, 7) is 0.0651. The molecule has 148 valence electrons. The molecule has 8 nitrogen and oxygen atoms in total. The highest BCUT2D eigenvalue weighted by molar-refractivity contribution is 7.91. The molecule has 0 aliphatic carbocycles. The molecule has 0 saturated heterocycles. The normalized spacial score (nSPS) is 12.0. The maximum Gasteiger partial charge on any atom is 0.271 e. The predicted molar refractivity (Wildman–Crippen MR) is 109 cm³/mol. The van der Waals surface area contributed by atoms with Crippen LogP contribution in [-0.4, -0.2) is 29.6 Å². The summed E-state index contributed by atoms with van der Waals surface area (Å²) in [6, 6.07) is 12.2. The molecule has 10 heteroatoms. The molecular formula is C19H15N3O5S2. The van der Waals surface area contributed by atoms with E-state index >= 15 is 0 Å². The molecule has 3 aromatic rings. The van der Waals surface area contributed by atoms with Crippen molar-refractivity contribution in [3.8, 4) is 12.3 Å². The van der Waals surface area contributed by atoms with Crippen LogP contribution in [0.25, 0.3) is 10.2 Å². The summed E-state index contributed by atoms with van der Waals surface area (Å²) in [5.41, 5.74) is 0.388. The van der Waals surface area contributed by atoms with Crippen LogP contribution in [0.15, 0.2) is 58.4 Å². The lowest BCUT2D eigenvalue weighted by molar-refractivity contribution is -0.384. The van der Waals surface area contributed by atoms with Crippen molar-refractivity contribution in [1.82, 2.24) is 4.57 Å². The Morgan fingerprint density at radius 3 is 2.62 bits per heavy atom. The number of non-ortho nitro benzene ring substituents is 1. The van der Waals surface area contributed by atoms with Gasteiger partial charge < -0.3 is 4.57 Å². The monoisotopic (exact) mass is 429 g/mol. The minimum atomic E-state index is -3.60. The summed E-state index contributed by atoms with van der Waals surface area (Å²) in [6.07, 6.45) is 5.09. The van der Waals surface area contributed by atoms with Gasteiger partial charge >= 0.3 is 0 Å². The zero-order valence-electron chi connectivity index (χ0n) is 15.0. The smallest absolute Gasteiger partial charge is 0.271 e. The second-order valence-electron chi connectivity index (χ2n) is 5.97. The maximum absolute atomic E-state index is 12.3. The van der Waals surface area contributed by atoms with Crippen LogP contribution < -0.4 is 4.80 Å². The van der Waals surface area contributed by atoms with Gasteiger partial charge in [-0.3, -0.25) is 14.9 Å². The van der Waals surface area contributed by atoms with E-state index < -0.39 is 20.7 Å². The van der Waals surface area contributed by atoms with Crippen molar-refractivity contribution < 1.29 is 18.1 Å². The number of carbonyl (C=O) groups is 1. The SMILES string of the molecule is C#CCn1c(=NC(=O)CCS(=O)(=O)c2ccccc2)sc2ccc([N+](=O)[O-])cc21. The molecule has 0 fully saturated rings. The van der Waals surface area contributed by atoms with Crippen LogP contribution in [0, 0.1) is 22.5 Å². The summed E-state index contributed by atoms with van der Waals surface area (Å²) in [4.78, 5) is 27.2. The largest absolute Gasteiger partial charge is 0.304 e. The first-order valence-electron chi connectivity index (χ1n) is 8.38. The van der Waals surface area contributed by atoms with Crippen molar-refractivity contribution in [2.45, 2.75) is 17.9 Å². The number of terminal acetylenes is 1. The number of hydrogen-bond donors (Lipinski definition) is 0. The van der Waals surface area contributed by atoms with Gasteiger partial charge in [-0.2, -0.15) is 4.99 Å². The van der Waals surface area contributed by atoms with E-state index in [1.165, 1.54) is 28.8 Å². The highest BCUT2D eigenvalue weighted by atomic mass is 32.2. The van der Waals surface area contributed by atoms with Crippen LogP contribution in [0.5, 0.6) is 0 Å². The quantitative estimate of drug-likeness (QED) is 0.340. The Morgan fingerprint density at radius 1 is 1.24 bits per heavy atom. The van der Waals surface area contributed by atoms with Gasteiger partial charge in [0, 0.05) is 18.6 Å². The Hall–Kier alpha value is -3.29. The first kappa shape index (κ1) is 20.4. The van der Waals surface area contributed by atoms with E-state index in [0.29, 0.717) is 10.2 Å². The fourth-order valence-electron chi connectivity index (χ4n) is 2.63. The van der Waals surface area contributed by atoms with Gasteiger partial charge in [-0.25, -0.2) is 8.42 Å². The topological polar surface area (TPSA) is 112 Å². The molecule has 0 aliphatic rings. The van der Waals surface area contributed by atoms with Gasteiger partial charge in [0.2, 0.25) is 5.91 Å². The molecule has 0 bridgehead atoms. The van der Waals surface area contributed by atoms with E-state index in [2.05, 4.69) is 10.9 Å². The van der Waals surface area contributed by atoms with Crippen LogP contribution in [0.3, 0.4) is 0 Å². The molecule has 2 aromatic carbocycles. The Balaban J connectivity index is 1.91. The Kier molecular flexibility index (Phi) is 5.91. The fourth-order valence-corrected chi connectivity index (χ4v) is 4.91. The van der Waals surface area contributed by atoms with Crippen LogP contribution in [0.2, 0.25) is 0 Å². The molecule has 1 heterocycles. The highest BCUT2D eigenvalue weighted by Gasteiger charge is 2.17. The molecule has 0 radical (unpaired) electrons. The highest BCUT2D eigenvalue weighted by Crippen LogP contribution is 2.23. The van der Waals surface area contributed by atoms with Gasteiger partial charge in [0.15, 0.2) is 14.6 Å². The second kappa shape index (κ2) is 8.38. The lowest BCUT2D eigenvalue weighted by atomic mass is 10.3. The number of rotatable bonds is 6. The molecule has 1 aromatic heterocycles. The van der Waals surface area contributed by atoms with Crippen molar-refractivity contribution in [3.63, 3.8) is 0 Å². The Bertz CT molecular complexity index is 1300. The van der Waals surface area contributed by atoms with Crippen molar-refractivity contribution >= 4 is 43.0 Å². The van der Waals surface area contributed by atoms with Crippen molar-refractivity contribution in [2.75, 3.05) is 5.75 Å². The molecule has 0 N–H and O–H groups in total. The molecule has 0 unspecified atom stereocenters. The van der Waals surface area contributed by atoms with E-state index in [0.717, 1.165) is 11.3 Å². The number of nitrogens with zero attached hydrogens (tertiary/aromatic N) is 3. The van der Waals surface area contributed by atoms with E-state index in [1.54, 1.807) is 24.3 Å². The van der Waals surface area contributed by atoms with Crippen LogP contribution >= 0.6 is 11.3 Å². The third-order valence-corrected chi connectivity index (χ3v) is 6.82. The van der Waals surface area contributed by atoms with E-state index in [-0.39, 0.29) is 34.1 Å². The summed E-state index contributed by atoms with van der Waals surface area (Å²) in [5.74, 6) is 1.45. The van der Waals surface area contributed by atoms with Crippen LogP contribution in [0.4, 0.5) is 5.69 Å². The average Bonchev–Trinajstić information content (AvgIpc) is 3.04. The molecule has 0 atom stereocenters. The van der Waals surface area contributed by atoms with Gasteiger partial charge in [-0.1, -0.05) is 35.5 Å². The number of nitro benzene ring substituents is 1. The first-order valence-corrected chi connectivity index (χ1v) is 10.9. The zero-order valence-corrected chi connectivity index (χ0v) is 16.6. The second-order valence-corrected chi connectivity index (χ2v) is 9.09. The Morgan fingerprint density at radius 2 is 1.97 bits per heavy atom. The average molecular weight is 429 g/mol. The van der Waals surface area contributed by atoms with Gasteiger partial charge in [0.1, 0.15) is 0 Å². The summed E-state index contributed by atoms with van der Waals surface area (Å²) >= 11 is 1.15. The summed E-state index contributed by atoms with van der Waals surface area (Å²) < 4.78 is 26.8. The molecule has 3 rings (SSSR count). The number of fused-ring (bicyclic) bond motifs is 1. The first-order chi connectivity index (χ1) is 13.8. The number of thiazole rings is 1. The van der Waals surface area contributed by atoms with Gasteiger partial charge in [-0.05, 0) is 18.2 Å². The third kappa shape index (κ3) is 4.59. The molecule has 0 aliphatic heterocycles. The number of benzene rings is 2. The minimum Gasteiger partial charge on any atom is -0.304 e. The van der Waals surface area contributed by atoms with Gasteiger partial charge in [0.05, 0.1) is 32.3 Å². The summed E-state index contributed by atoms with van der Waals surface area (Å²) in [5, 5.41) is 11.0. The molecule has 0 spiro atoms. The molecular weight excluding hydrogens is 414 g/mol.